The van der Waals surface area contributed by atoms with Gasteiger partial charge >= 0.3 is 0 Å². The Bertz CT molecular complexity index is 253. The molecule has 1 aliphatic rings. The number of allylic oxidation sites excluding steroid dienone is 1. The van der Waals surface area contributed by atoms with Crippen molar-refractivity contribution < 1.29 is 30.3 Å². The van der Waals surface area contributed by atoms with Gasteiger partial charge in [0.05, 0.1) is 6.61 Å². The molecule has 15 heavy (non-hydrogen) atoms. The first-order valence-electron chi connectivity index (χ1n) is 4.73. The minimum atomic E-state index is -2.34. The molecule has 0 aromatic heterocycles. The summed E-state index contributed by atoms with van der Waals surface area (Å²) in [5.74, 6) is -2.90. The van der Waals surface area contributed by atoms with E-state index in [1.165, 1.54) is 6.08 Å². The van der Waals surface area contributed by atoms with Crippen molar-refractivity contribution in [1.29, 1.82) is 0 Å². The number of ether oxygens (including phenoxy) is 1. The monoisotopic (exact) mass is 220 g/mol. The molecule has 1 aliphatic heterocycles. The van der Waals surface area contributed by atoms with Crippen molar-refractivity contribution in [2.45, 2.75) is 37.4 Å². The van der Waals surface area contributed by atoms with Crippen molar-refractivity contribution in [3.8, 4) is 0 Å². The van der Waals surface area contributed by atoms with Crippen LogP contribution in [0, 0.1) is 0 Å². The Morgan fingerprint density at radius 1 is 1.47 bits per heavy atom. The Hall–Kier alpha value is -0.660. The molecule has 0 unspecified atom stereocenters. The van der Waals surface area contributed by atoms with E-state index in [4.69, 9.17) is 9.84 Å². The van der Waals surface area contributed by atoms with E-state index in [0.717, 1.165) is 0 Å². The average Bonchev–Trinajstić information content (AvgIpc) is 2.21. The molecule has 0 spiro atoms. The van der Waals surface area contributed by atoms with E-state index < -0.39 is 29.9 Å². The van der Waals surface area contributed by atoms with Crippen LogP contribution in [0.1, 0.15) is 13.3 Å². The molecule has 88 valence electrons. The van der Waals surface area contributed by atoms with Crippen LogP contribution in [0.2, 0.25) is 0 Å². The van der Waals surface area contributed by atoms with Gasteiger partial charge in [0.15, 0.2) is 5.76 Å². The van der Waals surface area contributed by atoms with Crippen LogP contribution < -0.4 is 0 Å². The highest BCUT2D eigenvalue weighted by atomic mass is 16.7. The van der Waals surface area contributed by atoms with Crippen molar-refractivity contribution in [3.05, 3.63) is 11.8 Å². The van der Waals surface area contributed by atoms with E-state index in [1.54, 1.807) is 6.92 Å². The van der Waals surface area contributed by atoms with Gasteiger partial charge in [-0.25, -0.2) is 0 Å². The first kappa shape index (κ1) is 12.4. The highest BCUT2D eigenvalue weighted by Gasteiger charge is 2.51. The van der Waals surface area contributed by atoms with Gasteiger partial charge in [0, 0.05) is 0 Å². The Kier molecular flexibility index (Phi) is 3.69. The molecule has 0 amide bonds. The third-order valence-corrected chi connectivity index (χ3v) is 2.36. The van der Waals surface area contributed by atoms with E-state index in [2.05, 4.69) is 0 Å². The number of hydrogen-bond donors (Lipinski definition) is 5. The van der Waals surface area contributed by atoms with Crippen LogP contribution in [0.5, 0.6) is 0 Å². The predicted molar refractivity (Wildman–Crippen MR) is 49.9 cm³/mol. The maximum atomic E-state index is 9.77. The quantitative estimate of drug-likeness (QED) is 0.368. The maximum Gasteiger partial charge on any atom is 0.254 e. The fourth-order valence-corrected chi connectivity index (χ4v) is 1.40. The third-order valence-electron chi connectivity index (χ3n) is 2.36. The van der Waals surface area contributed by atoms with Crippen LogP contribution in [0.3, 0.4) is 0 Å². The van der Waals surface area contributed by atoms with E-state index in [1.807, 2.05) is 0 Å². The van der Waals surface area contributed by atoms with Crippen molar-refractivity contribution in [3.63, 3.8) is 0 Å². The van der Waals surface area contributed by atoms with Crippen molar-refractivity contribution in [2.75, 3.05) is 6.61 Å². The smallest absolute Gasteiger partial charge is 0.254 e. The number of aliphatic hydroxyl groups is 5. The van der Waals surface area contributed by atoms with Crippen LogP contribution in [-0.4, -0.2) is 56.2 Å². The zero-order chi connectivity index (χ0) is 11.6. The summed E-state index contributed by atoms with van der Waals surface area (Å²) in [6.07, 6.45) is -2.94. The molecule has 0 saturated carbocycles. The lowest BCUT2D eigenvalue weighted by Gasteiger charge is -2.40. The van der Waals surface area contributed by atoms with Gasteiger partial charge in [-0.15, -0.1) is 0 Å². The molecule has 0 aromatic carbocycles. The van der Waals surface area contributed by atoms with Crippen LogP contribution in [0.15, 0.2) is 11.8 Å². The summed E-state index contributed by atoms with van der Waals surface area (Å²) in [5.41, 5.74) is 0. The fourth-order valence-electron chi connectivity index (χ4n) is 1.40. The second-order valence-electron chi connectivity index (χ2n) is 3.51. The van der Waals surface area contributed by atoms with Crippen molar-refractivity contribution in [1.82, 2.24) is 0 Å². The Balaban J connectivity index is 2.89. The van der Waals surface area contributed by atoms with Crippen LogP contribution in [-0.2, 0) is 4.74 Å². The molecule has 5 N–H and O–H groups in total. The number of aliphatic hydroxyl groups excluding tert-OH is 4. The molecule has 6 heteroatoms. The average molecular weight is 220 g/mol. The highest BCUT2D eigenvalue weighted by molar-refractivity contribution is 5.10. The van der Waals surface area contributed by atoms with Gasteiger partial charge in [0.1, 0.15) is 18.3 Å². The second kappa shape index (κ2) is 4.46. The molecule has 0 bridgehead atoms. The summed E-state index contributed by atoms with van der Waals surface area (Å²) >= 11 is 0. The molecule has 1 fully saturated rings. The summed E-state index contributed by atoms with van der Waals surface area (Å²) in [6, 6.07) is 0. The van der Waals surface area contributed by atoms with Gasteiger partial charge in [-0.3, -0.25) is 0 Å². The van der Waals surface area contributed by atoms with Crippen LogP contribution >= 0.6 is 0 Å². The molecule has 1 saturated heterocycles. The Morgan fingerprint density at radius 2 is 2.07 bits per heavy atom. The SMILES string of the molecule is CCC=C(O)[C@@]1(O)OC[C@@H](O)[C@@H](O)[C@@H]1O. The molecular formula is C9H16O6. The Labute approximate surface area is 87.0 Å². The first-order chi connectivity index (χ1) is 6.93. The molecule has 0 radical (unpaired) electrons. The molecule has 6 nitrogen and oxygen atoms in total. The first-order valence-corrected chi connectivity index (χ1v) is 4.73. The fraction of sp³-hybridized carbons (Fsp3) is 0.778. The van der Waals surface area contributed by atoms with Gasteiger partial charge in [0.25, 0.3) is 5.79 Å². The number of hydrogen-bond acceptors (Lipinski definition) is 6. The normalized spacial score (nSPS) is 43.0. The molecule has 1 rings (SSSR count). The van der Waals surface area contributed by atoms with Crippen molar-refractivity contribution >= 4 is 0 Å². The standard InChI is InChI=1S/C9H16O6/c1-2-3-6(11)9(14)8(13)7(12)5(10)4-15-9/h3,5,7-8,10-14H,2,4H2,1H3/t5-,7-,8+,9-/m1/s1. The lowest BCUT2D eigenvalue weighted by molar-refractivity contribution is -0.312. The maximum absolute atomic E-state index is 9.77. The highest BCUT2D eigenvalue weighted by Crippen LogP contribution is 2.29. The van der Waals surface area contributed by atoms with E-state index in [0.29, 0.717) is 6.42 Å². The van der Waals surface area contributed by atoms with Gasteiger partial charge < -0.3 is 30.3 Å². The summed E-state index contributed by atoms with van der Waals surface area (Å²) < 4.78 is 4.75. The lowest BCUT2D eigenvalue weighted by Crippen LogP contribution is -2.61. The molecule has 0 aromatic rings. The second-order valence-corrected chi connectivity index (χ2v) is 3.51. The number of rotatable bonds is 2. The molecule has 4 atom stereocenters. The minimum absolute atomic E-state index is 0.365. The van der Waals surface area contributed by atoms with E-state index in [9.17, 15) is 20.4 Å². The van der Waals surface area contributed by atoms with E-state index in [-0.39, 0.29) is 6.61 Å². The minimum Gasteiger partial charge on any atom is -0.507 e. The largest absolute Gasteiger partial charge is 0.507 e. The summed E-state index contributed by atoms with van der Waals surface area (Å²) in [4.78, 5) is 0. The van der Waals surface area contributed by atoms with Gasteiger partial charge in [-0.1, -0.05) is 6.92 Å². The molecule has 1 heterocycles. The van der Waals surface area contributed by atoms with Crippen LogP contribution in [0.4, 0.5) is 0 Å². The van der Waals surface area contributed by atoms with Gasteiger partial charge in [-0.2, -0.15) is 0 Å². The van der Waals surface area contributed by atoms with E-state index >= 15 is 0 Å². The van der Waals surface area contributed by atoms with Gasteiger partial charge in [-0.05, 0) is 12.5 Å². The van der Waals surface area contributed by atoms with Crippen molar-refractivity contribution in [2.24, 2.45) is 0 Å². The summed E-state index contributed by atoms with van der Waals surface area (Å²) in [6.45, 7) is 1.36. The molecular weight excluding hydrogens is 204 g/mol. The topological polar surface area (TPSA) is 110 Å². The third kappa shape index (κ3) is 2.14. The zero-order valence-electron chi connectivity index (χ0n) is 8.37. The summed E-state index contributed by atoms with van der Waals surface area (Å²) in [7, 11) is 0. The Morgan fingerprint density at radius 3 is 2.60 bits per heavy atom. The summed E-state index contributed by atoms with van der Waals surface area (Å²) in [5, 5.41) is 47.2. The lowest BCUT2D eigenvalue weighted by atomic mass is 9.95. The predicted octanol–water partition coefficient (Wildman–Crippen LogP) is -1.36. The van der Waals surface area contributed by atoms with Crippen LogP contribution in [0.25, 0.3) is 0 Å². The molecule has 0 aliphatic carbocycles. The van der Waals surface area contributed by atoms with Gasteiger partial charge in [0.2, 0.25) is 0 Å². The zero-order valence-corrected chi connectivity index (χ0v) is 8.37.